The van der Waals surface area contributed by atoms with Crippen LogP contribution in [0.4, 0.5) is 0 Å². The van der Waals surface area contributed by atoms with Crippen molar-refractivity contribution in [2.45, 2.75) is 13.0 Å². The smallest absolute Gasteiger partial charge is 0.346 e. The Morgan fingerprint density at radius 2 is 2.30 bits per heavy atom. The van der Waals surface area contributed by atoms with Crippen molar-refractivity contribution in [3.63, 3.8) is 0 Å². The number of carbonyl (C=O) groups is 1. The van der Waals surface area contributed by atoms with Gasteiger partial charge in [0, 0.05) is 24.4 Å². The first kappa shape index (κ1) is 13.5. The zero-order chi connectivity index (χ0) is 13.9. The number of hydrogen-bond donors (Lipinski definition) is 2. The first-order valence-corrected chi connectivity index (χ1v) is 7.59. The minimum atomic E-state index is -0.841. The Bertz CT molecular complexity index is 617. The highest BCUT2D eigenvalue weighted by Crippen LogP contribution is 2.31. The fraction of sp³-hybridized carbons (Fsp3) is 0.400. The van der Waals surface area contributed by atoms with Crippen molar-refractivity contribution in [3.05, 3.63) is 34.7 Å². The SMILES string of the molecule is O=C(O)c1sc2ccccc2c1CNCC1CCOC1. The van der Waals surface area contributed by atoms with E-state index in [-0.39, 0.29) is 0 Å². The van der Waals surface area contributed by atoms with Gasteiger partial charge in [0.15, 0.2) is 0 Å². The fourth-order valence-electron chi connectivity index (χ4n) is 2.59. The molecule has 1 fully saturated rings. The molecule has 0 saturated carbocycles. The molecule has 0 aliphatic carbocycles. The van der Waals surface area contributed by atoms with E-state index in [2.05, 4.69) is 5.32 Å². The molecule has 0 spiro atoms. The van der Waals surface area contributed by atoms with Crippen LogP contribution in [0.5, 0.6) is 0 Å². The van der Waals surface area contributed by atoms with E-state index in [9.17, 15) is 9.90 Å². The Morgan fingerprint density at radius 1 is 1.45 bits per heavy atom. The lowest BCUT2D eigenvalue weighted by Gasteiger charge is -2.09. The maximum atomic E-state index is 11.4. The molecular formula is C15H17NO3S. The number of nitrogens with one attached hydrogen (secondary N) is 1. The zero-order valence-corrected chi connectivity index (χ0v) is 11.9. The summed E-state index contributed by atoms with van der Waals surface area (Å²) in [7, 11) is 0. The summed E-state index contributed by atoms with van der Waals surface area (Å²) in [6.45, 7) is 3.13. The Hall–Kier alpha value is -1.43. The topological polar surface area (TPSA) is 58.6 Å². The van der Waals surface area contributed by atoms with Crippen LogP contribution in [-0.2, 0) is 11.3 Å². The number of carboxylic acid groups (broad SMARTS) is 1. The molecule has 0 radical (unpaired) electrons. The molecule has 2 aromatic rings. The van der Waals surface area contributed by atoms with E-state index in [0.717, 1.165) is 41.8 Å². The van der Waals surface area contributed by atoms with Crippen molar-refractivity contribution >= 4 is 27.4 Å². The van der Waals surface area contributed by atoms with Crippen LogP contribution in [0.3, 0.4) is 0 Å². The number of benzene rings is 1. The third kappa shape index (κ3) is 2.70. The highest BCUT2D eigenvalue weighted by Gasteiger charge is 2.19. The maximum absolute atomic E-state index is 11.4. The van der Waals surface area contributed by atoms with Crippen LogP contribution >= 0.6 is 11.3 Å². The second-order valence-corrected chi connectivity index (χ2v) is 6.12. The molecule has 1 unspecified atom stereocenters. The van der Waals surface area contributed by atoms with Gasteiger partial charge in [-0.3, -0.25) is 0 Å². The van der Waals surface area contributed by atoms with Crippen LogP contribution < -0.4 is 5.32 Å². The molecule has 1 aromatic heterocycles. The maximum Gasteiger partial charge on any atom is 0.346 e. The molecular weight excluding hydrogens is 274 g/mol. The van der Waals surface area contributed by atoms with Gasteiger partial charge in [-0.25, -0.2) is 4.79 Å². The molecule has 0 bridgehead atoms. The van der Waals surface area contributed by atoms with Crippen molar-refractivity contribution in [1.29, 1.82) is 0 Å². The fourth-order valence-corrected chi connectivity index (χ4v) is 3.65. The van der Waals surface area contributed by atoms with Crippen LogP contribution in [-0.4, -0.2) is 30.8 Å². The Balaban J connectivity index is 1.78. The Morgan fingerprint density at radius 3 is 3.05 bits per heavy atom. The molecule has 1 aromatic carbocycles. The van der Waals surface area contributed by atoms with Crippen molar-refractivity contribution < 1.29 is 14.6 Å². The van der Waals surface area contributed by atoms with Gasteiger partial charge in [0.2, 0.25) is 0 Å². The summed E-state index contributed by atoms with van der Waals surface area (Å²) in [4.78, 5) is 11.8. The van der Waals surface area contributed by atoms with Gasteiger partial charge in [-0.1, -0.05) is 18.2 Å². The van der Waals surface area contributed by atoms with Gasteiger partial charge >= 0.3 is 5.97 Å². The van der Waals surface area contributed by atoms with E-state index in [0.29, 0.717) is 17.3 Å². The van der Waals surface area contributed by atoms with Gasteiger partial charge < -0.3 is 15.2 Å². The molecule has 2 N–H and O–H groups in total. The molecule has 0 amide bonds. The van der Waals surface area contributed by atoms with Crippen LogP contribution in [0.25, 0.3) is 10.1 Å². The molecule has 1 saturated heterocycles. The molecule has 4 nitrogen and oxygen atoms in total. The highest BCUT2D eigenvalue weighted by atomic mass is 32.1. The van der Waals surface area contributed by atoms with Gasteiger partial charge in [-0.05, 0) is 29.4 Å². The lowest BCUT2D eigenvalue weighted by Crippen LogP contribution is -2.23. The quantitative estimate of drug-likeness (QED) is 0.889. The van der Waals surface area contributed by atoms with Gasteiger partial charge in [0.25, 0.3) is 0 Å². The van der Waals surface area contributed by atoms with Crippen LogP contribution in [0, 0.1) is 5.92 Å². The molecule has 1 aliphatic rings. The zero-order valence-electron chi connectivity index (χ0n) is 11.1. The predicted molar refractivity (Wildman–Crippen MR) is 79.4 cm³/mol. The van der Waals surface area contributed by atoms with Crippen molar-refractivity contribution in [1.82, 2.24) is 5.32 Å². The first-order chi connectivity index (χ1) is 9.75. The average Bonchev–Trinajstić information content (AvgIpc) is 3.07. The number of rotatable bonds is 5. The summed E-state index contributed by atoms with van der Waals surface area (Å²) < 4.78 is 6.38. The summed E-state index contributed by atoms with van der Waals surface area (Å²) >= 11 is 1.35. The van der Waals surface area contributed by atoms with E-state index in [1.807, 2.05) is 24.3 Å². The predicted octanol–water partition coefficient (Wildman–Crippen LogP) is 2.73. The number of fused-ring (bicyclic) bond motifs is 1. The Labute approximate surface area is 121 Å². The molecule has 2 heterocycles. The molecule has 106 valence electrons. The van der Waals surface area contributed by atoms with Gasteiger partial charge in [0.1, 0.15) is 4.88 Å². The van der Waals surface area contributed by atoms with Crippen LogP contribution in [0.2, 0.25) is 0 Å². The lowest BCUT2D eigenvalue weighted by atomic mass is 10.1. The molecule has 1 aliphatic heterocycles. The second-order valence-electron chi connectivity index (χ2n) is 5.07. The van der Waals surface area contributed by atoms with E-state index in [4.69, 9.17) is 4.74 Å². The van der Waals surface area contributed by atoms with Crippen molar-refractivity contribution in [2.75, 3.05) is 19.8 Å². The van der Waals surface area contributed by atoms with Crippen LogP contribution in [0.1, 0.15) is 21.7 Å². The largest absolute Gasteiger partial charge is 0.477 e. The molecule has 3 rings (SSSR count). The highest BCUT2D eigenvalue weighted by molar-refractivity contribution is 7.21. The summed E-state index contributed by atoms with van der Waals surface area (Å²) in [5, 5.41) is 13.8. The van der Waals surface area contributed by atoms with E-state index in [1.165, 1.54) is 11.3 Å². The van der Waals surface area contributed by atoms with Gasteiger partial charge in [-0.2, -0.15) is 0 Å². The van der Waals surface area contributed by atoms with E-state index >= 15 is 0 Å². The minimum absolute atomic E-state index is 0.446. The van der Waals surface area contributed by atoms with E-state index < -0.39 is 5.97 Å². The average molecular weight is 291 g/mol. The van der Waals surface area contributed by atoms with E-state index in [1.54, 1.807) is 0 Å². The number of aromatic carboxylic acids is 1. The first-order valence-electron chi connectivity index (χ1n) is 6.78. The second kappa shape index (κ2) is 5.91. The number of carboxylic acids is 1. The third-order valence-electron chi connectivity index (χ3n) is 3.65. The Kier molecular flexibility index (Phi) is 4.00. The van der Waals surface area contributed by atoms with Crippen molar-refractivity contribution in [3.8, 4) is 0 Å². The number of hydrogen-bond acceptors (Lipinski definition) is 4. The number of ether oxygens (including phenoxy) is 1. The summed E-state index contributed by atoms with van der Waals surface area (Å²) in [5.74, 6) is -0.291. The summed E-state index contributed by atoms with van der Waals surface area (Å²) in [5.41, 5.74) is 0.900. The molecule has 5 heteroatoms. The monoisotopic (exact) mass is 291 g/mol. The van der Waals surface area contributed by atoms with Gasteiger partial charge in [-0.15, -0.1) is 11.3 Å². The molecule has 1 atom stereocenters. The molecule has 20 heavy (non-hydrogen) atoms. The van der Waals surface area contributed by atoms with Gasteiger partial charge in [0.05, 0.1) is 6.61 Å². The minimum Gasteiger partial charge on any atom is -0.477 e. The number of thiophene rings is 1. The standard InChI is InChI=1S/C15H17NO3S/c17-15(18)14-12(8-16-7-10-5-6-19-9-10)11-3-1-2-4-13(11)20-14/h1-4,10,16H,5-9H2,(H,17,18). The lowest BCUT2D eigenvalue weighted by molar-refractivity contribution is 0.0701. The third-order valence-corrected chi connectivity index (χ3v) is 4.85. The van der Waals surface area contributed by atoms with Crippen molar-refractivity contribution in [2.24, 2.45) is 5.92 Å². The summed E-state index contributed by atoms with van der Waals surface area (Å²) in [6.07, 6.45) is 1.09. The summed E-state index contributed by atoms with van der Waals surface area (Å²) in [6, 6.07) is 7.86. The normalized spacial score (nSPS) is 18.7. The van der Waals surface area contributed by atoms with Crippen LogP contribution in [0.15, 0.2) is 24.3 Å².